The molecule has 1 N–H and O–H groups in total. The molecule has 1 unspecified atom stereocenters. The van der Waals surface area contributed by atoms with Gasteiger partial charge in [-0.2, -0.15) is 4.98 Å². The van der Waals surface area contributed by atoms with E-state index in [0.717, 1.165) is 18.7 Å². The molecule has 1 aromatic carbocycles. The molecule has 1 aromatic heterocycles. The van der Waals surface area contributed by atoms with Crippen molar-refractivity contribution in [1.82, 2.24) is 15.5 Å². The minimum atomic E-state index is -1.52. The van der Waals surface area contributed by atoms with Crippen LogP contribution in [0.2, 0.25) is 0 Å². The summed E-state index contributed by atoms with van der Waals surface area (Å²) in [5, 5.41) is 6.87. The second-order valence-corrected chi connectivity index (χ2v) is 4.70. The first-order valence-corrected chi connectivity index (χ1v) is 6.42. The van der Waals surface area contributed by atoms with Gasteiger partial charge in [-0.15, -0.1) is 0 Å². The first-order chi connectivity index (χ1) is 10.1. The maximum Gasteiger partial charge on any atom is 0.228 e. The molecular formula is C13H12F3N3O2. The molecule has 1 atom stereocenters. The Hall–Kier alpha value is -1.93. The SMILES string of the molecule is Fc1cc(-c2noc(CC3COCCN3)n2)cc(F)c1F. The summed E-state index contributed by atoms with van der Waals surface area (Å²) in [6.07, 6.45) is 0.444. The van der Waals surface area contributed by atoms with Crippen molar-refractivity contribution in [3.63, 3.8) is 0 Å². The zero-order valence-corrected chi connectivity index (χ0v) is 10.9. The number of morpholine rings is 1. The molecule has 0 amide bonds. The lowest BCUT2D eigenvalue weighted by Gasteiger charge is -2.22. The van der Waals surface area contributed by atoms with E-state index in [2.05, 4.69) is 15.5 Å². The number of nitrogens with one attached hydrogen (secondary N) is 1. The average molecular weight is 299 g/mol. The van der Waals surface area contributed by atoms with Crippen molar-refractivity contribution in [2.45, 2.75) is 12.5 Å². The van der Waals surface area contributed by atoms with E-state index < -0.39 is 17.5 Å². The van der Waals surface area contributed by atoms with E-state index in [-0.39, 0.29) is 17.4 Å². The van der Waals surface area contributed by atoms with Crippen molar-refractivity contribution >= 4 is 0 Å². The van der Waals surface area contributed by atoms with Crippen molar-refractivity contribution in [2.24, 2.45) is 0 Å². The van der Waals surface area contributed by atoms with Gasteiger partial charge in [-0.25, -0.2) is 13.2 Å². The van der Waals surface area contributed by atoms with Gasteiger partial charge in [0.1, 0.15) is 0 Å². The van der Waals surface area contributed by atoms with E-state index in [0.29, 0.717) is 25.5 Å². The van der Waals surface area contributed by atoms with Crippen LogP contribution in [0, 0.1) is 17.5 Å². The number of aromatic nitrogens is 2. The molecule has 2 aromatic rings. The van der Waals surface area contributed by atoms with E-state index >= 15 is 0 Å². The third-order valence-corrected chi connectivity index (χ3v) is 3.13. The van der Waals surface area contributed by atoms with Crippen molar-refractivity contribution in [3.05, 3.63) is 35.5 Å². The van der Waals surface area contributed by atoms with Gasteiger partial charge in [0.25, 0.3) is 0 Å². The molecule has 1 aliphatic rings. The third kappa shape index (κ3) is 3.06. The topological polar surface area (TPSA) is 60.2 Å². The lowest BCUT2D eigenvalue weighted by molar-refractivity contribution is 0.0744. The molecule has 8 heteroatoms. The monoisotopic (exact) mass is 299 g/mol. The smallest absolute Gasteiger partial charge is 0.228 e. The normalized spacial score (nSPS) is 18.9. The number of ether oxygens (including phenoxy) is 1. The summed E-state index contributed by atoms with van der Waals surface area (Å²) in [7, 11) is 0. The van der Waals surface area contributed by atoms with E-state index in [4.69, 9.17) is 9.26 Å². The van der Waals surface area contributed by atoms with Crippen LogP contribution >= 0.6 is 0 Å². The Bertz CT molecular complexity index is 618. The predicted molar refractivity (Wildman–Crippen MR) is 65.9 cm³/mol. The van der Waals surface area contributed by atoms with E-state index in [1.165, 1.54) is 0 Å². The Morgan fingerprint density at radius 1 is 1.24 bits per heavy atom. The first-order valence-electron chi connectivity index (χ1n) is 6.42. The highest BCUT2D eigenvalue weighted by atomic mass is 19.2. The lowest BCUT2D eigenvalue weighted by Crippen LogP contribution is -2.42. The predicted octanol–water partition coefficient (Wildman–Crippen LogP) is 1.68. The van der Waals surface area contributed by atoms with Gasteiger partial charge in [-0.05, 0) is 12.1 Å². The highest BCUT2D eigenvalue weighted by molar-refractivity contribution is 5.54. The van der Waals surface area contributed by atoms with Crippen LogP contribution in [0.1, 0.15) is 5.89 Å². The fourth-order valence-electron chi connectivity index (χ4n) is 2.10. The Kier molecular flexibility index (Phi) is 3.89. The molecule has 5 nitrogen and oxygen atoms in total. The molecule has 2 heterocycles. The van der Waals surface area contributed by atoms with Crippen LogP contribution < -0.4 is 5.32 Å². The number of benzene rings is 1. The van der Waals surface area contributed by atoms with Crippen molar-refractivity contribution in [3.8, 4) is 11.4 Å². The maximum absolute atomic E-state index is 13.2. The molecule has 0 bridgehead atoms. The minimum absolute atomic E-state index is 0.0135. The number of hydrogen-bond acceptors (Lipinski definition) is 5. The average Bonchev–Trinajstić information content (AvgIpc) is 2.94. The summed E-state index contributed by atoms with van der Waals surface area (Å²) in [6.45, 7) is 1.91. The molecule has 0 radical (unpaired) electrons. The van der Waals surface area contributed by atoms with E-state index in [1.54, 1.807) is 0 Å². The lowest BCUT2D eigenvalue weighted by atomic mass is 10.2. The molecule has 21 heavy (non-hydrogen) atoms. The Balaban J connectivity index is 1.78. The summed E-state index contributed by atoms with van der Waals surface area (Å²) >= 11 is 0. The van der Waals surface area contributed by atoms with Gasteiger partial charge >= 0.3 is 0 Å². The summed E-state index contributed by atoms with van der Waals surface area (Å²) in [5.74, 6) is -3.78. The van der Waals surface area contributed by atoms with Crippen LogP contribution in [0.4, 0.5) is 13.2 Å². The molecule has 112 valence electrons. The molecule has 0 aliphatic carbocycles. The second kappa shape index (κ2) is 5.82. The molecular weight excluding hydrogens is 287 g/mol. The van der Waals surface area contributed by atoms with Gasteiger partial charge in [-0.1, -0.05) is 5.16 Å². The zero-order valence-electron chi connectivity index (χ0n) is 10.9. The molecule has 1 aliphatic heterocycles. The largest absolute Gasteiger partial charge is 0.378 e. The number of hydrogen-bond donors (Lipinski definition) is 1. The molecule has 0 spiro atoms. The van der Waals surface area contributed by atoms with Crippen LogP contribution in [0.3, 0.4) is 0 Å². The van der Waals surface area contributed by atoms with Crippen LogP contribution in [-0.4, -0.2) is 35.9 Å². The highest BCUT2D eigenvalue weighted by Crippen LogP contribution is 2.21. The molecule has 0 saturated carbocycles. The van der Waals surface area contributed by atoms with Crippen LogP contribution in [0.5, 0.6) is 0 Å². The van der Waals surface area contributed by atoms with E-state index in [1.807, 2.05) is 0 Å². The summed E-state index contributed by atoms with van der Waals surface area (Å²) < 4.78 is 49.6. The van der Waals surface area contributed by atoms with Gasteiger partial charge in [-0.3, -0.25) is 0 Å². The highest BCUT2D eigenvalue weighted by Gasteiger charge is 2.19. The molecule has 1 fully saturated rings. The standard InChI is InChI=1S/C13H12F3N3O2/c14-9-3-7(4-10(15)12(9)16)13-18-11(21-19-13)5-8-6-20-2-1-17-8/h3-4,8,17H,1-2,5-6H2. The van der Waals surface area contributed by atoms with Gasteiger partial charge in [0.2, 0.25) is 11.7 Å². The van der Waals surface area contributed by atoms with Crippen molar-refractivity contribution in [2.75, 3.05) is 19.8 Å². The number of halogens is 3. The van der Waals surface area contributed by atoms with Crippen molar-refractivity contribution < 1.29 is 22.4 Å². The Morgan fingerprint density at radius 3 is 2.67 bits per heavy atom. The first kappa shape index (κ1) is 14.0. The Morgan fingerprint density at radius 2 is 2.00 bits per heavy atom. The van der Waals surface area contributed by atoms with Crippen LogP contribution in [0.25, 0.3) is 11.4 Å². The fourth-order valence-corrected chi connectivity index (χ4v) is 2.10. The maximum atomic E-state index is 13.2. The van der Waals surface area contributed by atoms with Crippen LogP contribution in [-0.2, 0) is 11.2 Å². The van der Waals surface area contributed by atoms with Gasteiger partial charge in [0.15, 0.2) is 17.5 Å². The minimum Gasteiger partial charge on any atom is -0.378 e. The Labute approximate surface area is 118 Å². The van der Waals surface area contributed by atoms with Gasteiger partial charge in [0.05, 0.1) is 13.2 Å². The summed E-state index contributed by atoms with van der Waals surface area (Å²) in [6, 6.07) is 1.71. The second-order valence-electron chi connectivity index (χ2n) is 4.70. The number of nitrogens with zero attached hydrogens (tertiary/aromatic N) is 2. The third-order valence-electron chi connectivity index (χ3n) is 3.13. The summed E-state index contributed by atoms with van der Waals surface area (Å²) in [4.78, 5) is 4.06. The number of rotatable bonds is 3. The van der Waals surface area contributed by atoms with E-state index in [9.17, 15) is 13.2 Å². The quantitative estimate of drug-likeness (QED) is 0.874. The van der Waals surface area contributed by atoms with Gasteiger partial charge < -0.3 is 14.6 Å². The summed E-state index contributed by atoms with van der Waals surface area (Å²) in [5.41, 5.74) is 0.0225. The van der Waals surface area contributed by atoms with Crippen molar-refractivity contribution in [1.29, 1.82) is 0 Å². The van der Waals surface area contributed by atoms with Gasteiger partial charge in [0, 0.05) is 24.6 Å². The zero-order chi connectivity index (χ0) is 14.8. The van der Waals surface area contributed by atoms with Crippen LogP contribution in [0.15, 0.2) is 16.7 Å². The molecule has 3 rings (SSSR count). The fraction of sp³-hybridized carbons (Fsp3) is 0.385. The molecule has 1 saturated heterocycles.